The van der Waals surface area contributed by atoms with E-state index < -0.39 is 12.1 Å². The number of esters is 1. The lowest BCUT2D eigenvalue weighted by atomic mass is 10.0. The topological polar surface area (TPSA) is 95.9 Å². The first-order valence-corrected chi connectivity index (χ1v) is 31.7. The fraction of sp³-hybridized carbons (Fsp3) is 0.877. The number of unbranched alkanes of at least 4 members (excludes halogenated alkanes) is 42. The smallest absolute Gasteiger partial charge is 0.305 e. The first-order chi connectivity index (χ1) is 35.0. The van der Waals surface area contributed by atoms with E-state index in [1.807, 2.05) is 0 Å². The van der Waals surface area contributed by atoms with Crippen molar-refractivity contribution < 1.29 is 24.5 Å². The lowest BCUT2D eigenvalue weighted by molar-refractivity contribution is -0.143. The Kier molecular flexibility index (Phi) is 59.0. The summed E-state index contributed by atoms with van der Waals surface area (Å²) in [5, 5.41) is 23.2. The molecule has 0 radical (unpaired) electrons. The van der Waals surface area contributed by atoms with Crippen LogP contribution >= 0.6 is 0 Å². The third kappa shape index (κ3) is 57.2. The maximum Gasteiger partial charge on any atom is 0.305 e. The number of rotatable bonds is 59. The van der Waals surface area contributed by atoms with Crippen LogP contribution in [-0.2, 0) is 14.3 Å². The summed E-state index contributed by atoms with van der Waals surface area (Å²) >= 11 is 0. The van der Waals surface area contributed by atoms with Gasteiger partial charge in [-0.25, -0.2) is 0 Å². The fourth-order valence-electron chi connectivity index (χ4n) is 9.79. The molecule has 71 heavy (non-hydrogen) atoms. The van der Waals surface area contributed by atoms with Crippen LogP contribution in [0.5, 0.6) is 0 Å². The van der Waals surface area contributed by atoms with Crippen molar-refractivity contribution in [3.8, 4) is 0 Å². The highest BCUT2D eigenvalue weighted by molar-refractivity contribution is 5.76. The average Bonchev–Trinajstić information content (AvgIpc) is 3.37. The minimum Gasteiger partial charge on any atom is -0.466 e. The van der Waals surface area contributed by atoms with Crippen molar-refractivity contribution >= 4 is 11.9 Å². The van der Waals surface area contributed by atoms with Crippen LogP contribution in [0.2, 0.25) is 0 Å². The second kappa shape index (κ2) is 60.6. The molecule has 0 aromatic rings. The van der Waals surface area contributed by atoms with Gasteiger partial charge in [0.15, 0.2) is 0 Å². The summed E-state index contributed by atoms with van der Waals surface area (Å²) in [5.41, 5.74) is 0. The fourth-order valence-corrected chi connectivity index (χ4v) is 9.79. The van der Waals surface area contributed by atoms with Crippen LogP contribution in [0.15, 0.2) is 36.5 Å². The molecule has 0 aliphatic heterocycles. The number of aliphatic hydroxyl groups excluding tert-OH is 2. The van der Waals surface area contributed by atoms with E-state index in [1.54, 1.807) is 0 Å². The Hall–Kier alpha value is -1.92. The Balaban J connectivity index is 3.36. The van der Waals surface area contributed by atoms with Gasteiger partial charge in [0, 0.05) is 12.8 Å². The zero-order valence-electron chi connectivity index (χ0n) is 47.7. The van der Waals surface area contributed by atoms with Gasteiger partial charge in [-0.05, 0) is 77.0 Å². The molecule has 0 saturated heterocycles. The number of hydrogen-bond donors (Lipinski definition) is 3. The Labute approximate surface area is 443 Å². The molecule has 2 atom stereocenters. The summed E-state index contributed by atoms with van der Waals surface area (Å²) in [6.07, 6.45) is 76.0. The van der Waals surface area contributed by atoms with Gasteiger partial charge in [-0.3, -0.25) is 9.59 Å². The third-order valence-electron chi connectivity index (χ3n) is 14.6. The molecule has 0 rings (SSSR count). The van der Waals surface area contributed by atoms with E-state index in [9.17, 15) is 19.8 Å². The molecule has 0 spiro atoms. The summed E-state index contributed by atoms with van der Waals surface area (Å²) < 4.78 is 5.47. The highest BCUT2D eigenvalue weighted by atomic mass is 16.5. The van der Waals surface area contributed by atoms with Crippen molar-refractivity contribution in [3.05, 3.63) is 36.5 Å². The van der Waals surface area contributed by atoms with E-state index in [1.165, 1.54) is 257 Å². The highest BCUT2D eigenvalue weighted by Gasteiger charge is 2.20. The van der Waals surface area contributed by atoms with Crippen LogP contribution in [-0.4, -0.2) is 47.4 Å². The minimum atomic E-state index is -0.662. The van der Waals surface area contributed by atoms with Gasteiger partial charge in [0.1, 0.15) is 0 Å². The normalized spacial score (nSPS) is 12.8. The zero-order chi connectivity index (χ0) is 51.4. The predicted molar refractivity (Wildman–Crippen MR) is 310 cm³/mol. The Morgan fingerprint density at radius 1 is 0.394 bits per heavy atom. The van der Waals surface area contributed by atoms with E-state index in [0.29, 0.717) is 25.9 Å². The maximum atomic E-state index is 12.5. The molecular weight excluding hydrogens is 875 g/mol. The molecule has 0 aliphatic rings. The van der Waals surface area contributed by atoms with Gasteiger partial charge in [-0.1, -0.05) is 288 Å². The average molecular weight is 999 g/mol. The Morgan fingerprint density at radius 3 is 1.14 bits per heavy atom. The van der Waals surface area contributed by atoms with Crippen molar-refractivity contribution in [2.45, 2.75) is 353 Å². The van der Waals surface area contributed by atoms with Crippen molar-refractivity contribution in [2.24, 2.45) is 0 Å². The number of allylic oxidation sites excluding steroid dienone is 6. The van der Waals surface area contributed by atoms with Crippen LogP contribution in [0.3, 0.4) is 0 Å². The van der Waals surface area contributed by atoms with E-state index in [2.05, 4.69) is 55.6 Å². The molecule has 2 unspecified atom stereocenters. The van der Waals surface area contributed by atoms with E-state index in [-0.39, 0.29) is 18.5 Å². The Bertz CT molecular complexity index is 1150. The molecule has 0 aliphatic carbocycles. The number of aliphatic hydroxyl groups is 2. The van der Waals surface area contributed by atoms with Gasteiger partial charge in [-0.2, -0.15) is 0 Å². The molecule has 0 heterocycles. The van der Waals surface area contributed by atoms with Gasteiger partial charge in [0.05, 0.1) is 25.4 Å². The quantitative estimate of drug-likeness (QED) is 0.0321. The SMILES string of the molecule is CCC/C=C\C/C=C\CCCCCCCC(=O)OCCCCCCCCCCCCCC/C=C\CCCCCCCCCCCCCCCC(=O)NC(CO)C(O)CCCCCCCCCCCCCC. The number of carbonyl (C=O) groups is 2. The molecule has 418 valence electrons. The minimum absolute atomic E-state index is 0.00101. The molecule has 0 saturated carbocycles. The molecule has 3 N–H and O–H groups in total. The first-order valence-electron chi connectivity index (χ1n) is 31.7. The summed E-state index contributed by atoms with van der Waals surface area (Å²) in [6, 6.07) is -0.540. The van der Waals surface area contributed by atoms with Crippen LogP contribution in [0, 0.1) is 0 Å². The van der Waals surface area contributed by atoms with E-state index >= 15 is 0 Å². The number of amides is 1. The summed E-state index contributed by atoms with van der Waals surface area (Å²) in [6.45, 7) is 4.89. The van der Waals surface area contributed by atoms with Gasteiger partial charge < -0.3 is 20.3 Å². The second-order valence-electron chi connectivity index (χ2n) is 21.7. The van der Waals surface area contributed by atoms with Crippen LogP contribution in [0.4, 0.5) is 0 Å². The Morgan fingerprint density at radius 2 is 0.732 bits per heavy atom. The third-order valence-corrected chi connectivity index (χ3v) is 14.6. The zero-order valence-corrected chi connectivity index (χ0v) is 47.7. The number of carbonyl (C=O) groups excluding carboxylic acids is 2. The summed E-state index contributed by atoms with van der Waals surface area (Å²) in [4.78, 5) is 24.5. The number of nitrogens with one attached hydrogen (secondary N) is 1. The molecule has 6 nitrogen and oxygen atoms in total. The van der Waals surface area contributed by atoms with Gasteiger partial charge in [0.2, 0.25) is 5.91 Å². The van der Waals surface area contributed by atoms with Crippen molar-refractivity contribution in [1.29, 1.82) is 0 Å². The molecule has 0 aromatic carbocycles. The molecule has 6 heteroatoms. The molecule has 0 bridgehead atoms. The number of hydrogen-bond acceptors (Lipinski definition) is 5. The summed E-state index contributed by atoms with van der Waals surface area (Å²) in [7, 11) is 0. The van der Waals surface area contributed by atoms with Crippen molar-refractivity contribution in [3.63, 3.8) is 0 Å². The van der Waals surface area contributed by atoms with Crippen LogP contribution < -0.4 is 5.32 Å². The van der Waals surface area contributed by atoms with Crippen LogP contribution in [0.1, 0.15) is 341 Å². The predicted octanol–water partition coefficient (Wildman–Crippen LogP) is 20.0. The molecule has 0 aromatic heterocycles. The monoisotopic (exact) mass is 998 g/mol. The van der Waals surface area contributed by atoms with Crippen molar-refractivity contribution in [2.75, 3.05) is 13.2 Å². The molecular formula is C65H123NO5. The first kappa shape index (κ1) is 69.1. The lowest BCUT2D eigenvalue weighted by Gasteiger charge is -2.22. The molecule has 0 fully saturated rings. The standard InChI is InChI=1S/C65H123NO5/c1-3-5-7-9-11-13-15-34-39-43-47-51-55-59-65(70)71-60-56-52-48-44-40-36-33-31-29-27-25-23-21-19-17-18-20-22-24-26-28-30-32-35-38-42-46-50-54-58-64(69)66-62(61-67)63(68)57-53-49-45-41-37-16-14-12-10-8-6-4-2/h7,9,13,15,17,19,62-63,67-68H,3-6,8,10-12,14,16,18,20-61H2,1-2H3,(H,66,69)/b9-7-,15-13-,19-17-. The van der Waals surface area contributed by atoms with Gasteiger partial charge in [-0.15, -0.1) is 0 Å². The lowest BCUT2D eigenvalue weighted by Crippen LogP contribution is -2.45. The van der Waals surface area contributed by atoms with E-state index in [4.69, 9.17) is 4.74 Å². The van der Waals surface area contributed by atoms with E-state index in [0.717, 1.165) is 51.4 Å². The van der Waals surface area contributed by atoms with Gasteiger partial charge in [0.25, 0.3) is 0 Å². The largest absolute Gasteiger partial charge is 0.466 e. The molecule has 1 amide bonds. The number of ether oxygens (including phenoxy) is 1. The second-order valence-corrected chi connectivity index (χ2v) is 21.7. The maximum absolute atomic E-state index is 12.5. The summed E-state index contributed by atoms with van der Waals surface area (Å²) in [5.74, 6) is -0.0328. The van der Waals surface area contributed by atoms with Crippen molar-refractivity contribution in [1.82, 2.24) is 5.32 Å². The van der Waals surface area contributed by atoms with Crippen LogP contribution in [0.25, 0.3) is 0 Å². The van der Waals surface area contributed by atoms with Gasteiger partial charge >= 0.3 is 5.97 Å². The highest BCUT2D eigenvalue weighted by Crippen LogP contribution is 2.18.